The van der Waals surface area contributed by atoms with Gasteiger partial charge in [-0.3, -0.25) is 4.99 Å². The molecule has 0 aromatic carbocycles. The quantitative estimate of drug-likeness (QED) is 0.433. The molecule has 162 valence electrons. The smallest absolute Gasteiger partial charge is 0.193 e. The third kappa shape index (κ3) is 3.78. The summed E-state index contributed by atoms with van der Waals surface area (Å²) in [4.78, 5) is 8.11. The van der Waals surface area contributed by atoms with Gasteiger partial charge in [0, 0.05) is 30.8 Å². The van der Waals surface area contributed by atoms with E-state index >= 15 is 0 Å². The molecule has 1 aliphatic carbocycles. The van der Waals surface area contributed by atoms with Gasteiger partial charge < -0.3 is 10.8 Å². The second kappa shape index (κ2) is 7.81. The summed E-state index contributed by atoms with van der Waals surface area (Å²) in [5.41, 5.74) is 8.30. The topological polar surface area (TPSA) is 88.3 Å². The number of alkyl halides is 1. The number of fused-ring (bicyclic) bond motifs is 1. The fourth-order valence-electron chi connectivity index (χ4n) is 4.66. The number of aliphatic hydroxyl groups excluding tert-OH is 1. The van der Waals surface area contributed by atoms with Gasteiger partial charge in [-0.1, -0.05) is 20.8 Å². The van der Waals surface area contributed by atoms with E-state index in [-0.39, 0.29) is 24.2 Å². The van der Waals surface area contributed by atoms with Gasteiger partial charge in [-0.2, -0.15) is 9.49 Å². The Morgan fingerprint density at radius 2 is 2.17 bits per heavy atom. The first-order valence-corrected chi connectivity index (χ1v) is 10.5. The lowest BCUT2D eigenvalue weighted by Gasteiger charge is -2.28. The summed E-state index contributed by atoms with van der Waals surface area (Å²) in [7, 11) is 0. The third-order valence-electron chi connectivity index (χ3n) is 7.14. The van der Waals surface area contributed by atoms with Crippen LogP contribution in [0.2, 0.25) is 0 Å². The Bertz CT molecular complexity index is 997. The van der Waals surface area contributed by atoms with Crippen LogP contribution >= 0.6 is 0 Å². The second-order valence-electron chi connectivity index (χ2n) is 9.26. The standard InChI is InChI=1S/C22H29F2N5O/c1-12-4-5-15(22(12,2)3)9-26-20-16(21(25)30)10-27-29-11-14(6-17(20)29)13-7-18(23)28-19(24)8-13/h6,9-13,15,18,21,30H,4-5,7-8,25H2,1-3H3. The van der Waals surface area contributed by atoms with E-state index in [1.54, 1.807) is 10.7 Å². The van der Waals surface area contributed by atoms with Crippen molar-refractivity contribution in [3.05, 3.63) is 29.6 Å². The fraction of sp³-hybridized carbons (Fsp3) is 0.591. The molecule has 0 amide bonds. The van der Waals surface area contributed by atoms with Gasteiger partial charge >= 0.3 is 0 Å². The molecule has 3 N–H and O–H groups in total. The maximum atomic E-state index is 13.7. The Morgan fingerprint density at radius 1 is 1.40 bits per heavy atom. The lowest BCUT2D eigenvalue weighted by molar-refractivity contribution is 0.186. The minimum atomic E-state index is -1.54. The van der Waals surface area contributed by atoms with Crippen molar-refractivity contribution >= 4 is 23.4 Å². The summed E-state index contributed by atoms with van der Waals surface area (Å²) in [5.74, 6) is -0.0796. The molecule has 0 radical (unpaired) electrons. The zero-order valence-corrected chi connectivity index (χ0v) is 17.6. The molecule has 5 atom stereocenters. The number of aliphatic hydroxyl groups is 1. The van der Waals surface area contributed by atoms with Crippen LogP contribution in [-0.2, 0) is 0 Å². The molecule has 1 aliphatic heterocycles. The summed E-state index contributed by atoms with van der Waals surface area (Å²) < 4.78 is 29.1. The van der Waals surface area contributed by atoms with E-state index in [9.17, 15) is 13.9 Å². The molecule has 2 aromatic heterocycles. The number of halogens is 2. The van der Waals surface area contributed by atoms with Gasteiger partial charge in [0.2, 0.25) is 0 Å². The number of nitrogens with zero attached hydrogens (tertiary/aromatic N) is 4. The van der Waals surface area contributed by atoms with Crippen LogP contribution in [0.25, 0.3) is 5.52 Å². The molecule has 4 rings (SSSR count). The highest BCUT2D eigenvalue weighted by Crippen LogP contribution is 2.46. The molecular formula is C22H29F2N5O. The van der Waals surface area contributed by atoms with Crippen LogP contribution in [0.1, 0.15) is 69.7 Å². The van der Waals surface area contributed by atoms with E-state index in [2.05, 4.69) is 30.9 Å². The summed E-state index contributed by atoms with van der Waals surface area (Å²) in [6.07, 6.45) is 4.86. The highest BCUT2D eigenvalue weighted by Gasteiger charge is 2.39. The Balaban J connectivity index is 1.74. The first-order chi connectivity index (χ1) is 14.2. The summed E-state index contributed by atoms with van der Waals surface area (Å²) in [6, 6.07) is 1.84. The number of hydrogen-bond donors (Lipinski definition) is 2. The zero-order valence-electron chi connectivity index (χ0n) is 17.6. The van der Waals surface area contributed by atoms with E-state index < -0.39 is 18.5 Å². The molecule has 3 heterocycles. The average molecular weight is 418 g/mol. The Morgan fingerprint density at radius 3 is 2.80 bits per heavy atom. The van der Waals surface area contributed by atoms with Crippen molar-refractivity contribution in [2.24, 2.45) is 33.0 Å². The van der Waals surface area contributed by atoms with Gasteiger partial charge in [0.15, 0.2) is 12.3 Å². The molecule has 0 bridgehead atoms. The molecule has 30 heavy (non-hydrogen) atoms. The van der Waals surface area contributed by atoms with E-state index in [0.29, 0.717) is 28.6 Å². The summed E-state index contributed by atoms with van der Waals surface area (Å²) in [5, 5.41) is 14.4. The van der Waals surface area contributed by atoms with Crippen LogP contribution in [0.4, 0.5) is 14.5 Å². The lowest BCUT2D eigenvalue weighted by atomic mass is 9.77. The monoisotopic (exact) mass is 417 g/mol. The lowest BCUT2D eigenvalue weighted by Crippen LogP contribution is -2.24. The van der Waals surface area contributed by atoms with Crippen LogP contribution in [-0.4, -0.2) is 33.2 Å². The molecular weight excluding hydrogens is 388 g/mol. The van der Waals surface area contributed by atoms with Crippen molar-refractivity contribution in [1.82, 2.24) is 9.61 Å². The Labute approximate surface area is 174 Å². The molecule has 8 heteroatoms. The van der Waals surface area contributed by atoms with Crippen molar-refractivity contribution in [3.63, 3.8) is 0 Å². The maximum absolute atomic E-state index is 13.7. The zero-order chi connectivity index (χ0) is 21.6. The molecule has 0 saturated heterocycles. The molecule has 1 fully saturated rings. The van der Waals surface area contributed by atoms with E-state index in [1.807, 2.05) is 12.3 Å². The summed E-state index contributed by atoms with van der Waals surface area (Å²) >= 11 is 0. The average Bonchev–Trinajstić information content (AvgIpc) is 3.20. The predicted molar refractivity (Wildman–Crippen MR) is 114 cm³/mol. The molecule has 1 saturated carbocycles. The van der Waals surface area contributed by atoms with Gasteiger partial charge in [0.1, 0.15) is 6.23 Å². The first kappa shape index (κ1) is 21.1. The fourth-order valence-corrected chi connectivity index (χ4v) is 4.66. The first-order valence-electron chi connectivity index (χ1n) is 10.5. The molecule has 5 unspecified atom stereocenters. The Hall–Kier alpha value is -2.19. The SMILES string of the molecule is CC1CCC(C=Nc2c(C(N)O)cnn3cc(C4CC(F)=NC(F)C4)cc23)C1(C)C. The van der Waals surface area contributed by atoms with Crippen LogP contribution in [0, 0.1) is 17.3 Å². The van der Waals surface area contributed by atoms with Crippen molar-refractivity contribution in [2.45, 2.75) is 64.9 Å². The van der Waals surface area contributed by atoms with Gasteiger partial charge in [0.25, 0.3) is 0 Å². The van der Waals surface area contributed by atoms with E-state index in [1.165, 1.54) is 6.20 Å². The van der Waals surface area contributed by atoms with Crippen LogP contribution in [0.15, 0.2) is 28.4 Å². The van der Waals surface area contributed by atoms with Gasteiger partial charge in [-0.15, -0.1) is 0 Å². The number of nitrogens with two attached hydrogens (primary N) is 1. The number of rotatable bonds is 4. The van der Waals surface area contributed by atoms with E-state index in [0.717, 1.165) is 18.4 Å². The van der Waals surface area contributed by atoms with Crippen molar-refractivity contribution in [2.75, 3.05) is 0 Å². The maximum Gasteiger partial charge on any atom is 0.193 e. The van der Waals surface area contributed by atoms with Crippen molar-refractivity contribution < 1.29 is 13.9 Å². The third-order valence-corrected chi connectivity index (χ3v) is 7.14. The second-order valence-corrected chi connectivity index (χ2v) is 9.26. The highest BCUT2D eigenvalue weighted by molar-refractivity contribution is 5.80. The van der Waals surface area contributed by atoms with Crippen LogP contribution in [0.3, 0.4) is 0 Å². The number of aromatic nitrogens is 2. The summed E-state index contributed by atoms with van der Waals surface area (Å²) in [6.45, 7) is 6.77. The van der Waals surface area contributed by atoms with Crippen molar-refractivity contribution in [1.29, 1.82) is 0 Å². The van der Waals surface area contributed by atoms with E-state index in [4.69, 9.17) is 10.7 Å². The van der Waals surface area contributed by atoms with Gasteiger partial charge in [-0.25, -0.2) is 13.9 Å². The largest absolute Gasteiger partial charge is 0.374 e. The highest BCUT2D eigenvalue weighted by atomic mass is 19.1. The number of aliphatic imine (C=N–C) groups is 2. The van der Waals surface area contributed by atoms with Crippen molar-refractivity contribution in [3.8, 4) is 0 Å². The van der Waals surface area contributed by atoms with Crippen LogP contribution < -0.4 is 5.73 Å². The minimum Gasteiger partial charge on any atom is -0.374 e. The molecule has 2 aliphatic rings. The number of hydrogen-bond acceptors (Lipinski definition) is 5. The Kier molecular flexibility index (Phi) is 5.48. The van der Waals surface area contributed by atoms with Crippen LogP contribution in [0.5, 0.6) is 0 Å². The molecule has 0 spiro atoms. The minimum absolute atomic E-state index is 0.0659. The van der Waals surface area contributed by atoms with Gasteiger partial charge in [0.05, 0.1) is 17.4 Å². The molecule has 6 nitrogen and oxygen atoms in total. The molecule has 2 aromatic rings. The normalized spacial score (nSPS) is 30.2. The van der Waals surface area contributed by atoms with Gasteiger partial charge in [-0.05, 0) is 47.6 Å². The predicted octanol–water partition coefficient (Wildman–Crippen LogP) is 4.60.